The molecular formula is C21H20ClN3O. The Morgan fingerprint density at radius 1 is 0.923 bits per heavy atom. The highest BCUT2D eigenvalue weighted by Gasteiger charge is 2.21. The number of anilines is 1. The minimum atomic E-state index is -0.434. The average molecular weight is 366 g/mol. The number of amides is 1. The lowest BCUT2D eigenvalue weighted by Gasteiger charge is -2.24. The number of rotatable bonds is 6. The van der Waals surface area contributed by atoms with Crippen LogP contribution in [0.1, 0.15) is 24.1 Å². The maximum Gasteiger partial charge on any atom is 0.241 e. The molecule has 0 spiro atoms. The van der Waals surface area contributed by atoms with Crippen LogP contribution in [-0.2, 0) is 4.79 Å². The van der Waals surface area contributed by atoms with Gasteiger partial charge in [0.1, 0.15) is 0 Å². The number of carbonyl (C=O) groups is 1. The quantitative estimate of drug-likeness (QED) is 0.635. The van der Waals surface area contributed by atoms with Gasteiger partial charge in [0.2, 0.25) is 5.91 Å². The van der Waals surface area contributed by atoms with Crippen LogP contribution in [0.15, 0.2) is 79.0 Å². The molecule has 0 fully saturated rings. The Kier molecular flexibility index (Phi) is 6.00. The van der Waals surface area contributed by atoms with Gasteiger partial charge in [-0.2, -0.15) is 0 Å². The molecule has 132 valence electrons. The van der Waals surface area contributed by atoms with E-state index in [1.54, 1.807) is 18.3 Å². The molecule has 4 nitrogen and oxygen atoms in total. The Morgan fingerprint density at radius 2 is 1.50 bits per heavy atom. The fourth-order valence-corrected chi connectivity index (χ4v) is 2.89. The molecule has 0 aliphatic carbocycles. The number of pyridine rings is 1. The number of aromatic nitrogens is 1. The second kappa shape index (κ2) is 8.61. The van der Waals surface area contributed by atoms with E-state index in [0.717, 1.165) is 11.1 Å². The first-order valence-electron chi connectivity index (χ1n) is 8.42. The van der Waals surface area contributed by atoms with Crippen molar-refractivity contribution in [2.45, 2.75) is 19.0 Å². The van der Waals surface area contributed by atoms with Crippen molar-refractivity contribution in [2.24, 2.45) is 0 Å². The SMILES string of the molecule is CC(NC(c1ccccc1)c1ccccc1)C(=O)Nc1cccnc1Cl. The molecule has 5 heteroatoms. The van der Waals surface area contributed by atoms with Gasteiger partial charge in [-0.15, -0.1) is 0 Å². The number of halogens is 1. The van der Waals surface area contributed by atoms with Crippen molar-refractivity contribution >= 4 is 23.2 Å². The van der Waals surface area contributed by atoms with Gasteiger partial charge in [0.25, 0.3) is 0 Å². The molecule has 0 aliphatic heterocycles. The molecule has 0 radical (unpaired) electrons. The van der Waals surface area contributed by atoms with E-state index in [0.29, 0.717) is 5.69 Å². The van der Waals surface area contributed by atoms with E-state index < -0.39 is 6.04 Å². The van der Waals surface area contributed by atoms with Gasteiger partial charge in [0.15, 0.2) is 5.15 Å². The molecule has 0 bridgehead atoms. The standard InChI is InChI=1S/C21H20ClN3O/c1-15(21(26)25-18-13-8-14-23-20(18)22)24-19(16-9-4-2-5-10-16)17-11-6-3-7-12-17/h2-15,19,24H,1H3,(H,25,26). The molecule has 26 heavy (non-hydrogen) atoms. The monoisotopic (exact) mass is 365 g/mol. The molecule has 0 saturated carbocycles. The van der Waals surface area contributed by atoms with E-state index in [-0.39, 0.29) is 17.1 Å². The van der Waals surface area contributed by atoms with Gasteiger partial charge in [-0.3, -0.25) is 10.1 Å². The summed E-state index contributed by atoms with van der Waals surface area (Å²) in [7, 11) is 0. The largest absolute Gasteiger partial charge is 0.322 e. The van der Waals surface area contributed by atoms with Crippen molar-refractivity contribution in [3.8, 4) is 0 Å². The maximum absolute atomic E-state index is 12.6. The normalized spacial score (nSPS) is 12.0. The van der Waals surface area contributed by atoms with Gasteiger partial charge in [0, 0.05) is 6.20 Å². The van der Waals surface area contributed by atoms with Gasteiger partial charge in [-0.25, -0.2) is 4.98 Å². The van der Waals surface area contributed by atoms with Crippen LogP contribution in [-0.4, -0.2) is 16.9 Å². The van der Waals surface area contributed by atoms with E-state index in [1.807, 2.05) is 67.6 Å². The fraction of sp³-hybridized carbons (Fsp3) is 0.143. The lowest BCUT2D eigenvalue weighted by atomic mass is 9.98. The van der Waals surface area contributed by atoms with Crippen LogP contribution in [0.25, 0.3) is 0 Å². The second-order valence-electron chi connectivity index (χ2n) is 5.97. The average Bonchev–Trinajstić information content (AvgIpc) is 2.69. The van der Waals surface area contributed by atoms with E-state index in [4.69, 9.17) is 11.6 Å². The maximum atomic E-state index is 12.6. The van der Waals surface area contributed by atoms with Crippen molar-refractivity contribution in [1.29, 1.82) is 0 Å². The molecule has 0 aliphatic rings. The van der Waals surface area contributed by atoms with E-state index in [2.05, 4.69) is 15.6 Å². The third kappa shape index (κ3) is 4.48. The third-order valence-corrected chi connectivity index (χ3v) is 4.39. The fourth-order valence-electron chi connectivity index (χ4n) is 2.72. The van der Waals surface area contributed by atoms with Crippen LogP contribution in [0, 0.1) is 0 Å². The van der Waals surface area contributed by atoms with Crippen molar-refractivity contribution in [1.82, 2.24) is 10.3 Å². The molecule has 0 saturated heterocycles. The summed E-state index contributed by atoms with van der Waals surface area (Å²) in [5.41, 5.74) is 2.69. The molecule has 3 aromatic rings. The summed E-state index contributed by atoms with van der Waals surface area (Å²) in [4.78, 5) is 16.6. The van der Waals surface area contributed by atoms with Crippen LogP contribution in [0.3, 0.4) is 0 Å². The minimum absolute atomic E-state index is 0.0949. The van der Waals surface area contributed by atoms with Crippen molar-refractivity contribution < 1.29 is 4.79 Å². The highest BCUT2D eigenvalue weighted by atomic mass is 35.5. The van der Waals surface area contributed by atoms with E-state index in [1.165, 1.54) is 0 Å². The van der Waals surface area contributed by atoms with Gasteiger partial charge >= 0.3 is 0 Å². The molecule has 1 aromatic heterocycles. The van der Waals surface area contributed by atoms with Crippen molar-refractivity contribution in [3.05, 3.63) is 95.3 Å². The predicted octanol–water partition coefficient (Wildman–Crippen LogP) is 4.44. The number of carbonyl (C=O) groups excluding carboxylic acids is 1. The molecule has 1 unspecified atom stereocenters. The summed E-state index contributed by atoms with van der Waals surface area (Å²) in [6, 6.07) is 23.1. The van der Waals surface area contributed by atoms with Crippen LogP contribution < -0.4 is 10.6 Å². The molecule has 2 N–H and O–H groups in total. The van der Waals surface area contributed by atoms with Gasteiger partial charge in [0.05, 0.1) is 17.8 Å². The zero-order valence-corrected chi connectivity index (χ0v) is 15.1. The Hall–Kier alpha value is -2.69. The number of nitrogens with one attached hydrogen (secondary N) is 2. The topological polar surface area (TPSA) is 54.0 Å². The Balaban J connectivity index is 1.78. The highest BCUT2D eigenvalue weighted by Crippen LogP contribution is 2.23. The van der Waals surface area contributed by atoms with Crippen LogP contribution in [0.2, 0.25) is 5.15 Å². The number of nitrogens with zero attached hydrogens (tertiary/aromatic N) is 1. The van der Waals surface area contributed by atoms with Crippen molar-refractivity contribution in [3.63, 3.8) is 0 Å². The third-order valence-electron chi connectivity index (χ3n) is 4.09. The number of hydrogen-bond donors (Lipinski definition) is 2. The first-order valence-corrected chi connectivity index (χ1v) is 8.80. The predicted molar refractivity (Wildman–Crippen MR) is 105 cm³/mol. The number of benzene rings is 2. The van der Waals surface area contributed by atoms with Gasteiger partial charge in [-0.05, 0) is 30.2 Å². The van der Waals surface area contributed by atoms with Crippen LogP contribution in [0.4, 0.5) is 5.69 Å². The first-order chi connectivity index (χ1) is 12.6. The summed E-state index contributed by atoms with van der Waals surface area (Å²) in [5, 5.41) is 6.51. The Labute approximate surface area is 158 Å². The molecule has 3 rings (SSSR count). The molecule has 2 aromatic carbocycles. The zero-order valence-electron chi connectivity index (χ0n) is 14.4. The summed E-state index contributed by atoms with van der Waals surface area (Å²) < 4.78 is 0. The van der Waals surface area contributed by atoms with Crippen LogP contribution >= 0.6 is 11.6 Å². The molecular weight excluding hydrogens is 346 g/mol. The second-order valence-corrected chi connectivity index (χ2v) is 6.33. The zero-order chi connectivity index (χ0) is 18.4. The molecule has 1 amide bonds. The van der Waals surface area contributed by atoms with Gasteiger partial charge in [-0.1, -0.05) is 72.3 Å². The summed E-state index contributed by atoms with van der Waals surface area (Å²) in [6.07, 6.45) is 1.58. The molecule has 1 heterocycles. The molecule has 1 atom stereocenters. The Morgan fingerprint density at radius 3 is 2.04 bits per heavy atom. The van der Waals surface area contributed by atoms with Crippen LogP contribution in [0.5, 0.6) is 0 Å². The summed E-state index contributed by atoms with van der Waals surface area (Å²) in [5.74, 6) is -0.170. The number of hydrogen-bond acceptors (Lipinski definition) is 3. The highest BCUT2D eigenvalue weighted by molar-refractivity contribution is 6.32. The Bertz CT molecular complexity index is 816. The lowest BCUT2D eigenvalue weighted by molar-refractivity contribution is -0.117. The minimum Gasteiger partial charge on any atom is -0.322 e. The lowest BCUT2D eigenvalue weighted by Crippen LogP contribution is -2.40. The first kappa shape index (κ1) is 18.1. The van der Waals surface area contributed by atoms with E-state index in [9.17, 15) is 4.79 Å². The van der Waals surface area contributed by atoms with Crippen molar-refractivity contribution in [2.75, 3.05) is 5.32 Å². The summed E-state index contributed by atoms with van der Waals surface area (Å²) in [6.45, 7) is 1.83. The smallest absolute Gasteiger partial charge is 0.241 e. The summed E-state index contributed by atoms with van der Waals surface area (Å²) >= 11 is 6.02. The van der Waals surface area contributed by atoms with Gasteiger partial charge < -0.3 is 5.32 Å². The van der Waals surface area contributed by atoms with E-state index >= 15 is 0 Å².